The molecule has 1 atom stereocenters. The van der Waals surface area contributed by atoms with Gasteiger partial charge in [0.25, 0.3) is 0 Å². The van der Waals surface area contributed by atoms with E-state index >= 15 is 0 Å². The molecule has 1 aromatic carbocycles. The second-order valence-electron chi connectivity index (χ2n) is 13.7. The maximum atomic E-state index is 12.0. The zero-order valence-corrected chi connectivity index (χ0v) is 26.6. The van der Waals surface area contributed by atoms with Crippen LogP contribution >= 0.6 is 0 Å². The van der Waals surface area contributed by atoms with Crippen LogP contribution < -0.4 is 15.8 Å². The number of carbonyl (C=O) groups excluding carboxylic acids is 1. The van der Waals surface area contributed by atoms with Gasteiger partial charge in [-0.3, -0.25) is 0 Å². The summed E-state index contributed by atoms with van der Waals surface area (Å²) in [6.45, 7) is 18.8. The summed E-state index contributed by atoms with van der Waals surface area (Å²) in [5, 5.41) is 3.04. The van der Waals surface area contributed by atoms with Crippen molar-refractivity contribution in [3.8, 4) is 5.75 Å². The molecule has 0 aromatic heterocycles. The molecule has 0 aliphatic heterocycles. The van der Waals surface area contributed by atoms with Gasteiger partial charge in [0, 0.05) is 19.2 Å². The van der Waals surface area contributed by atoms with Gasteiger partial charge in [-0.1, -0.05) is 65.0 Å². The summed E-state index contributed by atoms with van der Waals surface area (Å²) in [4.78, 5) is 12.0. The average Bonchev–Trinajstić information content (AvgIpc) is 2.80. The monoisotopic (exact) mass is 548 g/mol. The van der Waals surface area contributed by atoms with Gasteiger partial charge in [-0.25, -0.2) is 4.79 Å². The van der Waals surface area contributed by atoms with E-state index in [0.29, 0.717) is 13.2 Å². The predicted octanol–water partition coefficient (Wildman–Crippen LogP) is 7.38. The summed E-state index contributed by atoms with van der Waals surface area (Å²) in [7, 11) is -1.83. The van der Waals surface area contributed by atoms with Crippen LogP contribution in [0.5, 0.6) is 5.75 Å². The van der Waals surface area contributed by atoms with E-state index in [0.717, 1.165) is 44.0 Å². The number of aryl methyl sites for hydroxylation is 1. The number of nitrogens with one attached hydrogen (secondary N) is 1. The van der Waals surface area contributed by atoms with Crippen LogP contribution in [0.15, 0.2) is 18.2 Å². The van der Waals surface area contributed by atoms with Gasteiger partial charge in [0.15, 0.2) is 8.32 Å². The van der Waals surface area contributed by atoms with E-state index in [2.05, 4.69) is 57.4 Å². The number of alkyl carbamates (subject to hydrolysis) is 1. The Kier molecular flexibility index (Phi) is 12.6. The molecular formula is C31H56N2O4Si. The highest BCUT2D eigenvalue weighted by atomic mass is 28.4. The van der Waals surface area contributed by atoms with Crippen molar-refractivity contribution in [1.82, 2.24) is 5.32 Å². The van der Waals surface area contributed by atoms with E-state index in [1.807, 2.05) is 20.8 Å². The number of carbonyl (C=O) groups is 1. The molecule has 218 valence electrons. The number of benzene rings is 1. The van der Waals surface area contributed by atoms with Crippen molar-refractivity contribution in [3.05, 3.63) is 29.3 Å². The Bertz CT molecular complexity index is 854. The molecule has 1 fully saturated rings. The van der Waals surface area contributed by atoms with Crippen molar-refractivity contribution in [1.29, 1.82) is 0 Å². The zero-order chi connectivity index (χ0) is 28.4. The lowest BCUT2D eigenvalue weighted by atomic mass is 9.87. The van der Waals surface area contributed by atoms with Crippen molar-refractivity contribution < 1.29 is 18.7 Å². The Morgan fingerprint density at radius 2 is 1.79 bits per heavy atom. The van der Waals surface area contributed by atoms with Crippen LogP contribution in [-0.4, -0.2) is 45.8 Å². The molecule has 0 unspecified atom stereocenters. The molecule has 0 spiro atoms. The van der Waals surface area contributed by atoms with Gasteiger partial charge in [0.1, 0.15) is 11.4 Å². The molecule has 0 saturated heterocycles. The molecule has 1 aliphatic carbocycles. The fourth-order valence-electron chi connectivity index (χ4n) is 4.58. The second-order valence-corrected chi connectivity index (χ2v) is 18.5. The van der Waals surface area contributed by atoms with E-state index in [1.165, 1.54) is 43.2 Å². The van der Waals surface area contributed by atoms with Crippen molar-refractivity contribution in [2.24, 2.45) is 11.7 Å². The molecule has 6 nitrogen and oxygen atoms in total. The average molecular weight is 549 g/mol. The number of amides is 1. The lowest BCUT2D eigenvalue weighted by molar-refractivity contribution is 0.0527. The van der Waals surface area contributed by atoms with E-state index in [-0.39, 0.29) is 17.2 Å². The van der Waals surface area contributed by atoms with Crippen LogP contribution in [0.1, 0.15) is 97.6 Å². The molecular weight excluding hydrogens is 492 g/mol. The maximum Gasteiger partial charge on any atom is 0.407 e. The van der Waals surface area contributed by atoms with Crippen LogP contribution in [0.2, 0.25) is 18.1 Å². The van der Waals surface area contributed by atoms with Crippen molar-refractivity contribution >= 4 is 14.4 Å². The largest absolute Gasteiger partial charge is 0.493 e. The summed E-state index contributed by atoms with van der Waals surface area (Å²) in [6.07, 6.45) is 9.90. The van der Waals surface area contributed by atoms with Gasteiger partial charge in [-0.2, -0.15) is 0 Å². The molecule has 3 N–H and O–H groups in total. The highest BCUT2D eigenvalue weighted by Crippen LogP contribution is 2.36. The van der Waals surface area contributed by atoms with Crippen molar-refractivity contribution in [3.63, 3.8) is 0 Å². The van der Waals surface area contributed by atoms with Gasteiger partial charge < -0.3 is 25.0 Å². The van der Waals surface area contributed by atoms with E-state index < -0.39 is 13.9 Å². The summed E-state index contributed by atoms with van der Waals surface area (Å²) in [5.41, 5.74) is 8.40. The molecule has 7 heteroatoms. The van der Waals surface area contributed by atoms with Gasteiger partial charge in [0.05, 0.1) is 6.61 Å². The molecule has 1 saturated carbocycles. The third kappa shape index (κ3) is 12.1. The minimum absolute atomic E-state index is 0.0520. The minimum Gasteiger partial charge on any atom is -0.493 e. The Hall–Kier alpha value is -1.57. The molecule has 2 rings (SSSR count). The number of hydrogen-bond acceptors (Lipinski definition) is 5. The first kappa shape index (κ1) is 32.6. The SMILES string of the molecule is CC(C)(C)OC(=O)NCCCc1cc(C[C@@H](N)CO[Si](C)(C)C(C)(C)C)ccc1OCCC1CCCCC1. The smallest absolute Gasteiger partial charge is 0.407 e. The third-order valence-corrected chi connectivity index (χ3v) is 12.4. The highest BCUT2D eigenvalue weighted by molar-refractivity contribution is 6.74. The zero-order valence-electron chi connectivity index (χ0n) is 25.6. The first-order valence-electron chi connectivity index (χ1n) is 14.8. The number of rotatable bonds is 13. The summed E-state index contributed by atoms with van der Waals surface area (Å²) < 4.78 is 18.0. The quantitative estimate of drug-likeness (QED) is 0.198. The van der Waals surface area contributed by atoms with Crippen LogP contribution in [0.25, 0.3) is 0 Å². The summed E-state index contributed by atoms with van der Waals surface area (Å²) in [6, 6.07) is 6.43. The molecule has 1 aliphatic rings. The minimum atomic E-state index is -1.83. The molecule has 0 bridgehead atoms. The Morgan fingerprint density at radius 1 is 1.11 bits per heavy atom. The molecule has 1 amide bonds. The Balaban J connectivity index is 1.98. The first-order valence-corrected chi connectivity index (χ1v) is 17.7. The highest BCUT2D eigenvalue weighted by Gasteiger charge is 2.37. The van der Waals surface area contributed by atoms with Gasteiger partial charge in [-0.05, 0) is 87.7 Å². The van der Waals surface area contributed by atoms with E-state index in [4.69, 9.17) is 19.6 Å². The van der Waals surface area contributed by atoms with Crippen LogP contribution in [0, 0.1) is 5.92 Å². The van der Waals surface area contributed by atoms with Crippen LogP contribution in [0.4, 0.5) is 4.79 Å². The van der Waals surface area contributed by atoms with Crippen molar-refractivity contribution in [2.75, 3.05) is 19.8 Å². The topological polar surface area (TPSA) is 82.8 Å². The number of ether oxygens (including phenoxy) is 2. The predicted molar refractivity (Wildman–Crippen MR) is 161 cm³/mol. The Labute approximate surface area is 233 Å². The fourth-order valence-corrected chi connectivity index (χ4v) is 5.65. The Morgan fingerprint density at radius 3 is 2.42 bits per heavy atom. The standard InChI is InChI=1S/C31H56N2O4Si/c1-30(2,3)37-29(34)33-19-12-15-26-21-25(22-27(32)23-36-38(7,8)31(4,5)6)16-17-28(26)35-20-18-24-13-10-9-11-14-24/h16-17,21,24,27H,9-15,18-20,22-23,32H2,1-8H3,(H,33,34)/t27-/m1/s1. The fraction of sp³-hybridized carbons (Fsp3) is 0.774. The summed E-state index contributed by atoms with van der Waals surface area (Å²) >= 11 is 0. The molecule has 38 heavy (non-hydrogen) atoms. The lowest BCUT2D eigenvalue weighted by Gasteiger charge is -2.37. The number of hydrogen-bond donors (Lipinski definition) is 2. The summed E-state index contributed by atoms with van der Waals surface area (Å²) in [5.74, 6) is 1.75. The van der Waals surface area contributed by atoms with Crippen molar-refractivity contribution in [2.45, 2.75) is 129 Å². The molecule has 1 aromatic rings. The number of nitrogens with two attached hydrogens (primary N) is 1. The van der Waals surface area contributed by atoms with Gasteiger partial charge >= 0.3 is 6.09 Å². The van der Waals surface area contributed by atoms with Gasteiger partial charge in [-0.15, -0.1) is 0 Å². The molecule has 0 radical (unpaired) electrons. The third-order valence-electron chi connectivity index (χ3n) is 7.89. The van der Waals surface area contributed by atoms with E-state index in [1.54, 1.807) is 0 Å². The van der Waals surface area contributed by atoms with Gasteiger partial charge in [0.2, 0.25) is 0 Å². The second kappa shape index (κ2) is 14.7. The first-order chi connectivity index (χ1) is 17.7. The normalized spacial score (nSPS) is 16.2. The molecule has 0 heterocycles. The van der Waals surface area contributed by atoms with Crippen LogP contribution in [0.3, 0.4) is 0 Å². The lowest BCUT2D eigenvalue weighted by Crippen LogP contribution is -2.44. The van der Waals surface area contributed by atoms with Crippen LogP contribution in [-0.2, 0) is 22.0 Å². The maximum absolute atomic E-state index is 12.0. The van der Waals surface area contributed by atoms with E-state index in [9.17, 15) is 4.79 Å².